The number of aliphatic hydroxyl groups is 1. The average molecular weight is 335 g/mol. The summed E-state index contributed by atoms with van der Waals surface area (Å²) in [5.74, 6) is 0.0263. The molecule has 0 saturated heterocycles. The van der Waals surface area contributed by atoms with E-state index in [0.717, 1.165) is 17.3 Å². The van der Waals surface area contributed by atoms with Crippen molar-refractivity contribution in [1.29, 1.82) is 0 Å². The first-order chi connectivity index (χ1) is 12.1. The Morgan fingerprint density at radius 3 is 2.72 bits per heavy atom. The number of amidine groups is 1. The summed E-state index contributed by atoms with van der Waals surface area (Å²) in [6, 6.07) is 7.89. The van der Waals surface area contributed by atoms with Crippen LogP contribution in [0.15, 0.2) is 89.4 Å². The Labute approximate surface area is 147 Å². The molecule has 0 fully saturated rings. The highest BCUT2D eigenvalue weighted by Gasteiger charge is 1.98. The molecular formula is C20H21N3O2. The molecule has 0 atom stereocenters. The molecule has 0 saturated carbocycles. The third kappa shape index (κ3) is 7.56. The van der Waals surface area contributed by atoms with Crippen molar-refractivity contribution in [3.05, 3.63) is 90.5 Å². The second kappa shape index (κ2) is 11.1. The van der Waals surface area contributed by atoms with Gasteiger partial charge in [-0.2, -0.15) is 0 Å². The molecule has 0 spiro atoms. The van der Waals surface area contributed by atoms with Gasteiger partial charge in [0, 0.05) is 31.2 Å². The van der Waals surface area contributed by atoms with Crippen LogP contribution in [-0.2, 0) is 4.79 Å². The van der Waals surface area contributed by atoms with E-state index in [1.807, 2.05) is 42.5 Å². The molecule has 5 nitrogen and oxygen atoms in total. The van der Waals surface area contributed by atoms with Crippen LogP contribution in [0, 0.1) is 0 Å². The number of hydrogen-bond acceptors (Lipinski definition) is 4. The Morgan fingerprint density at radius 1 is 1.28 bits per heavy atom. The Balaban J connectivity index is 2.71. The van der Waals surface area contributed by atoms with Crippen molar-refractivity contribution in [3.63, 3.8) is 0 Å². The van der Waals surface area contributed by atoms with Crippen LogP contribution in [0.3, 0.4) is 0 Å². The summed E-state index contributed by atoms with van der Waals surface area (Å²) in [4.78, 5) is 18.3. The summed E-state index contributed by atoms with van der Waals surface area (Å²) in [5.41, 5.74) is 2.63. The lowest BCUT2D eigenvalue weighted by atomic mass is 10.1. The van der Waals surface area contributed by atoms with Crippen molar-refractivity contribution in [2.45, 2.75) is 0 Å². The van der Waals surface area contributed by atoms with Crippen molar-refractivity contribution in [2.75, 3.05) is 7.05 Å². The van der Waals surface area contributed by atoms with E-state index >= 15 is 0 Å². The van der Waals surface area contributed by atoms with Crippen LogP contribution in [0.2, 0.25) is 0 Å². The lowest BCUT2D eigenvalue weighted by Crippen LogP contribution is -2.19. The normalized spacial score (nSPS) is 12.8. The summed E-state index contributed by atoms with van der Waals surface area (Å²) in [6.07, 6.45) is 12.1. The monoisotopic (exact) mass is 335 g/mol. The highest BCUT2D eigenvalue weighted by atomic mass is 16.3. The summed E-state index contributed by atoms with van der Waals surface area (Å²) in [6.45, 7) is 7.43. The first-order valence-electron chi connectivity index (χ1n) is 7.46. The lowest BCUT2D eigenvalue weighted by Gasteiger charge is -2.04. The molecule has 0 amide bonds. The van der Waals surface area contributed by atoms with Crippen molar-refractivity contribution in [1.82, 2.24) is 5.32 Å². The van der Waals surface area contributed by atoms with Crippen molar-refractivity contribution >= 4 is 24.4 Å². The third-order valence-electron chi connectivity index (χ3n) is 2.94. The molecule has 0 aliphatic heterocycles. The molecule has 1 aromatic carbocycles. The molecule has 25 heavy (non-hydrogen) atoms. The van der Waals surface area contributed by atoms with Gasteiger partial charge in [-0.25, -0.2) is 0 Å². The Kier molecular flexibility index (Phi) is 8.71. The SMILES string of the molecule is C=CN=Cc1cccc(/C=C/C=C\C(=C)C(=NC)N/C=C(/O)C=O)c1. The molecule has 2 N–H and O–H groups in total. The maximum atomic E-state index is 10.3. The highest BCUT2D eigenvalue weighted by molar-refractivity contribution is 6.01. The second-order valence-electron chi connectivity index (χ2n) is 4.78. The predicted molar refractivity (Wildman–Crippen MR) is 105 cm³/mol. The van der Waals surface area contributed by atoms with Gasteiger partial charge < -0.3 is 10.4 Å². The number of benzene rings is 1. The Morgan fingerprint density at radius 2 is 2.04 bits per heavy atom. The zero-order valence-corrected chi connectivity index (χ0v) is 14.1. The fourth-order valence-electron chi connectivity index (χ4n) is 1.78. The number of aliphatic hydroxyl groups excluding tert-OH is 1. The molecule has 0 aromatic heterocycles. The standard InChI is InChI=1S/C20H21N3O2/c1-4-22-13-18-11-7-10-17(12-18)9-6-5-8-16(2)20(21-3)23-14-19(25)15-24/h4-15,25H,1-2H2,3H3,(H,21,23)/b8-5-,9-6+,19-14+,22-13?. The number of rotatable bonds is 8. The summed E-state index contributed by atoms with van der Waals surface area (Å²) < 4.78 is 0. The average Bonchev–Trinajstić information content (AvgIpc) is 2.64. The van der Waals surface area contributed by atoms with Crippen molar-refractivity contribution < 1.29 is 9.90 Å². The largest absolute Gasteiger partial charge is 0.504 e. The number of hydrogen-bond donors (Lipinski definition) is 2. The lowest BCUT2D eigenvalue weighted by molar-refractivity contribution is -0.107. The van der Waals surface area contributed by atoms with Crippen LogP contribution in [0.25, 0.3) is 6.08 Å². The van der Waals surface area contributed by atoms with E-state index in [9.17, 15) is 4.79 Å². The number of allylic oxidation sites excluding steroid dienone is 3. The molecular weight excluding hydrogens is 314 g/mol. The minimum absolute atomic E-state index is 0.329. The van der Waals surface area contributed by atoms with Gasteiger partial charge in [0.25, 0.3) is 0 Å². The molecule has 1 aromatic rings. The maximum Gasteiger partial charge on any atom is 0.185 e. The molecule has 5 heteroatoms. The van der Waals surface area contributed by atoms with E-state index in [-0.39, 0.29) is 0 Å². The van der Waals surface area contributed by atoms with E-state index in [1.54, 1.807) is 19.3 Å². The van der Waals surface area contributed by atoms with Gasteiger partial charge in [0.15, 0.2) is 12.0 Å². The molecule has 1 rings (SSSR count). The fourth-order valence-corrected chi connectivity index (χ4v) is 1.78. The van der Waals surface area contributed by atoms with E-state index in [2.05, 4.69) is 28.5 Å². The van der Waals surface area contributed by atoms with Crippen LogP contribution >= 0.6 is 0 Å². The summed E-state index contributed by atoms with van der Waals surface area (Å²) in [5, 5.41) is 11.8. The predicted octanol–water partition coefficient (Wildman–Crippen LogP) is 3.59. The van der Waals surface area contributed by atoms with Gasteiger partial charge in [-0.1, -0.05) is 55.7 Å². The minimum atomic E-state index is -0.419. The molecule has 0 bridgehead atoms. The van der Waals surface area contributed by atoms with E-state index in [0.29, 0.717) is 17.7 Å². The minimum Gasteiger partial charge on any atom is -0.504 e. The van der Waals surface area contributed by atoms with Gasteiger partial charge in [-0.15, -0.1) is 0 Å². The van der Waals surface area contributed by atoms with Crippen LogP contribution in [0.4, 0.5) is 0 Å². The van der Waals surface area contributed by atoms with Gasteiger partial charge >= 0.3 is 0 Å². The topological polar surface area (TPSA) is 74.1 Å². The molecule has 0 radical (unpaired) electrons. The van der Waals surface area contributed by atoms with E-state index in [4.69, 9.17) is 5.11 Å². The van der Waals surface area contributed by atoms with Gasteiger partial charge in [0.05, 0.1) is 0 Å². The van der Waals surface area contributed by atoms with Crippen LogP contribution in [0.1, 0.15) is 11.1 Å². The molecule has 0 aliphatic rings. The smallest absolute Gasteiger partial charge is 0.185 e. The molecule has 0 heterocycles. The van der Waals surface area contributed by atoms with E-state index in [1.165, 1.54) is 6.20 Å². The quantitative estimate of drug-likeness (QED) is 0.190. The van der Waals surface area contributed by atoms with Gasteiger partial charge in [-0.05, 0) is 17.2 Å². The fraction of sp³-hybridized carbons (Fsp3) is 0.0500. The van der Waals surface area contributed by atoms with Crippen LogP contribution in [0.5, 0.6) is 0 Å². The molecule has 0 unspecified atom stereocenters. The van der Waals surface area contributed by atoms with Crippen LogP contribution in [-0.4, -0.2) is 30.5 Å². The van der Waals surface area contributed by atoms with Crippen molar-refractivity contribution in [3.8, 4) is 0 Å². The van der Waals surface area contributed by atoms with Crippen LogP contribution < -0.4 is 5.32 Å². The Bertz CT molecular complexity index is 769. The second-order valence-corrected chi connectivity index (χ2v) is 4.78. The number of nitrogens with one attached hydrogen (secondary N) is 1. The summed E-state index contributed by atoms with van der Waals surface area (Å²) >= 11 is 0. The van der Waals surface area contributed by atoms with E-state index < -0.39 is 5.76 Å². The maximum absolute atomic E-state index is 10.3. The molecule has 128 valence electrons. The first kappa shape index (κ1) is 19.6. The molecule has 0 aliphatic carbocycles. The first-order valence-corrected chi connectivity index (χ1v) is 7.46. The van der Waals surface area contributed by atoms with Gasteiger partial charge in [0.2, 0.25) is 0 Å². The zero-order valence-electron chi connectivity index (χ0n) is 14.1. The number of nitrogens with zero attached hydrogens (tertiary/aromatic N) is 2. The number of aliphatic imine (C=N–C) groups is 2. The zero-order chi connectivity index (χ0) is 18.5. The number of carbonyl (C=O) groups is 1. The van der Waals surface area contributed by atoms with Gasteiger partial charge in [-0.3, -0.25) is 14.8 Å². The van der Waals surface area contributed by atoms with Gasteiger partial charge in [0.1, 0.15) is 5.84 Å². The third-order valence-corrected chi connectivity index (χ3v) is 2.94. The number of aldehydes is 1. The number of carbonyl (C=O) groups excluding carboxylic acids is 1. The highest BCUT2D eigenvalue weighted by Crippen LogP contribution is 2.06. The van der Waals surface area contributed by atoms with Crippen molar-refractivity contribution in [2.24, 2.45) is 9.98 Å². The Hall–Kier alpha value is -3.47. The summed E-state index contributed by atoms with van der Waals surface area (Å²) in [7, 11) is 1.58.